The number of halogens is 2. The summed E-state index contributed by atoms with van der Waals surface area (Å²) >= 11 is 9.67. The largest absolute Gasteiger partial charge is 0.399 e. The maximum absolute atomic E-state index is 13.4. The van der Waals surface area contributed by atoms with Gasteiger partial charge in [-0.2, -0.15) is 0 Å². The maximum Gasteiger partial charge on any atom is 0.264 e. The number of hydrogen-bond donors (Lipinski definition) is 2. The molecule has 0 spiro atoms. The predicted molar refractivity (Wildman–Crippen MR) is 120 cm³/mol. The number of aliphatic hydroxyl groups is 1. The quantitative estimate of drug-likeness (QED) is 0.406. The first kappa shape index (κ1) is 20.6. The SMILES string of the molecule is Nc1ccc(C(=O)C[C@]2(O)C(=O)N(Cc3ccccc3Cl)c3ccc(Br)cc32)cc1. The van der Waals surface area contributed by atoms with Gasteiger partial charge < -0.3 is 15.7 Å². The number of hydrogen-bond acceptors (Lipinski definition) is 4. The molecule has 0 saturated heterocycles. The van der Waals surface area contributed by atoms with Gasteiger partial charge in [-0.05, 0) is 54.1 Å². The molecule has 0 unspecified atom stereocenters. The van der Waals surface area contributed by atoms with Crippen molar-refractivity contribution in [3.05, 3.63) is 92.9 Å². The van der Waals surface area contributed by atoms with E-state index in [-0.39, 0.29) is 18.7 Å². The molecule has 0 saturated carbocycles. The van der Waals surface area contributed by atoms with E-state index in [4.69, 9.17) is 17.3 Å². The number of amides is 1. The highest BCUT2D eigenvalue weighted by molar-refractivity contribution is 9.10. The summed E-state index contributed by atoms with van der Waals surface area (Å²) < 4.78 is 0.701. The van der Waals surface area contributed by atoms with Crippen LogP contribution in [0, 0.1) is 0 Å². The summed E-state index contributed by atoms with van der Waals surface area (Å²) in [5.41, 5.74) is 6.31. The van der Waals surface area contributed by atoms with Gasteiger partial charge in [0.15, 0.2) is 11.4 Å². The topological polar surface area (TPSA) is 83.6 Å². The Labute approximate surface area is 187 Å². The van der Waals surface area contributed by atoms with Crippen molar-refractivity contribution in [2.45, 2.75) is 18.6 Å². The molecule has 1 aliphatic rings. The molecule has 3 N–H and O–H groups in total. The zero-order valence-corrected chi connectivity index (χ0v) is 18.2. The second-order valence-corrected chi connectivity index (χ2v) is 8.55. The van der Waals surface area contributed by atoms with Gasteiger partial charge in [0.25, 0.3) is 5.91 Å². The van der Waals surface area contributed by atoms with E-state index in [1.807, 2.05) is 18.2 Å². The molecular formula is C23H18BrClN2O3. The van der Waals surface area contributed by atoms with Crippen LogP contribution < -0.4 is 10.6 Å². The minimum atomic E-state index is -1.97. The minimum Gasteiger partial charge on any atom is -0.399 e. The lowest BCUT2D eigenvalue weighted by molar-refractivity contribution is -0.136. The van der Waals surface area contributed by atoms with E-state index in [0.717, 1.165) is 5.56 Å². The number of fused-ring (bicyclic) bond motifs is 1. The molecule has 1 aliphatic heterocycles. The molecule has 30 heavy (non-hydrogen) atoms. The highest BCUT2D eigenvalue weighted by Crippen LogP contribution is 2.45. The van der Waals surface area contributed by atoms with Crippen LogP contribution in [0.3, 0.4) is 0 Å². The Morgan fingerprint density at radius 1 is 1.10 bits per heavy atom. The van der Waals surface area contributed by atoms with Crippen LogP contribution in [-0.4, -0.2) is 16.8 Å². The Kier molecular flexibility index (Phi) is 5.40. The van der Waals surface area contributed by atoms with Gasteiger partial charge >= 0.3 is 0 Å². The predicted octanol–water partition coefficient (Wildman–Crippen LogP) is 4.69. The third-order valence-corrected chi connectivity index (χ3v) is 6.09. The van der Waals surface area contributed by atoms with E-state index >= 15 is 0 Å². The van der Waals surface area contributed by atoms with Crippen LogP contribution in [0.25, 0.3) is 0 Å². The molecular weight excluding hydrogens is 468 g/mol. The molecule has 4 rings (SSSR count). The Morgan fingerprint density at radius 3 is 2.50 bits per heavy atom. The van der Waals surface area contributed by atoms with Gasteiger partial charge in [-0.1, -0.05) is 45.7 Å². The summed E-state index contributed by atoms with van der Waals surface area (Å²) in [6, 6.07) is 18.8. The van der Waals surface area contributed by atoms with Crippen LogP contribution in [0.1, 0.15) is 27.9 Å². The van der Waals surface area contributed by atoms with Gasteiger partial charge in [-0.15, -0.1) is 0 Å². The van der Waals surface area contributed by atoms with Crippen molar-refractivity contribution >= 4 is 50.6 Å². The summed E-state index contributed by atoms with van der Waals surface area (Å²) in [6.45, 7) is 0.186. The molecule has 152 valence electrons. The average molecular weight is 486 g/mol. The fraction of sp³-hybridized carbons (Fsp3) is 0.130. The fourth-order valence-corrected chi connectivity index (χ4v) is 4.21. The third-order valence-electron chi connectivity index (χ3n) is 5.23. The van der Waals surface area contributed by atoms with E-state index < -0.39 is 11.5 Å². The third kappa shape index (κ3) is 3.62. The molecule has 3 aromatic carbocycles. The number of nitrogens with two attached hydrogens (primary N) is 1. The summed E-state index contributed by atoms with van der Waals surface area (Å²) in [4.78, 5) is 27.7. The van der Waals surface area contributed by atoms with Crippen LogP contribution in [0.5, 0.6) is 0 Å². The number of nitrogens with zero attached hydrogens (tertiary/aromatic N) is 1. The molecule has 1 atom stereocenters. The van der Waals surface area contributed by atoms with Gasteiger partial charge in [-0.25, -0.2) is 0 Å². The van der Waals surface area contributed by atoms with Gasteiger partial charge in [0.1, 0.15) is 0 Å². The number of carbonyl (C=O) groups is 2. The van der Waals surface area contributed by atoms with E-state index in [1.165, 1.54) is 4.90 Å². The Hall–Kier alpha value is -2.67. The monoisotopic (exact) mass is 484 g/mol. The molecule has 0 bridgehead atoms. The van der Waals surface area contributed by atoms with Gasteiger partial charge in [0, 0.05) is 26.3 Å². The maximum atomic E-state index is 13.4. The lowest BCUT2D eigenvalue weighted by Crippen LogP contribution is -2.41. The molecule has 3 aromatic rings. The lowest BCUT2D eigenvalue weighted by atomic mass is 9.88. The van der Waals surface area contributed by atoms with E-state index in [0.29, 0.717) is 32.0 Å². The number of rotatable bonds is 5. The summed E-state index contributed by atoms with van der Waals surface area (Å²) in [5, 5.41) is 12.0. The first-order chi connectivity index (χ1) is 14.3. The van der Waals surface area contributed by atoms with Crippen molar-refractivity contribution in [2.24, 2.45) is 0 Å². The molecule has 0 fully saturated rings. The van der Waals surface area contributed by atoms with Crippen molar-refractivity contribution in [2.75, 3.05) is 10.6 Å². The number of benzene rings is 3. The smallest absolute Gasteiger partial charge is 0.264 e. The van der Waals surface area contributed by atoms with Crippen molar-refractivity contribution in [3.63, 3.8) is 0 Å². The molecule has 7 heteroatoms. The number of carbonyl (C=O) groups excluding carboxylic acids is 2. The minimum absolute atomic E-state index is 0.186. The zero-order chi connectivity index (χ0) is 21.5. The Morgan fingerprint density at radius 2 is 1.80 bits per heavy atom. The van der Waals surface area contributed by atoms with E-state index in [2.05, 4.69) is 15.9 Å². The van der Waals surface area contributed by atoms with Crippen LogP contribution in [0.4, 0.5) is 11.4 Å². The standard InChI is InChI=1S/C23H18BrClN2O3/c24-16-7-10-20-18(11-16)23(30,12-21(28)14-5-8-17(26)9-6-14)22(29)27(20)13-15-3-1-2-4-19(15)25/h1-11,30H,12-13,26H2/t23-/m1/s1. The van der Waals surface area contributed by atoms with Crippen molar-refractivity contribution < 1.29 is 14.7 Å². The van der Waals surface area contributed by atoms with Crippen LogP contribution in [-0.2, 0) is 16.9 Å². The zero-order valence-electron chi connectivity index (χ0n) is 15.8. The Bertz CT molecular complexity index is 1150. The summed E-state index contributed by atoms with van der Waals surface area (Å²) in [5.74, 6) is -0.907. The van der Waals surface area contributed by atoms with Crippen LogP contribution in [0.15, 0.2) is 71.2 Å². The van der Waals surface area contributed by atoms with Gasteiger partial charge in [-0.3, -0.25) is 9.59 Å². The molecule has 5 nitrogen and oxygen atoms in total. The molecule has 0 aromatic heterocycles. The van der Waals surface area contributed by atoms with Crippen LogP contribution in [0.2, 0.25) is 5.02 Å². The van der Waals surface area contributed by atoms with Crippen molar-refractivity contribution in [1.82, 2.24) is 0 Å². The molecule has 1 heterocycles. The first-order valence-electron chi connectivity index (χ1n) is 9.26. The fourth-order valence-electron chi connectivity index (χ4n) is 3.65. The lowest BCUT2D eigenvalue weighted by Gasteiger charge is -2.23. The normalized spacial score (nSPS) is 17.8. The molecule has 1 amide bonds. The van der Waals surface area contributed by atoms with Crippen molar-refractivity contribution in [1.29, 1.82) is 0 Å². The number of anilines is 2. The molecule has 0 radical (unpaired) electrons. The van der Waals surface area contributed by atoms with Gasteiger partial charge in [0.05, 0.1) is 18.7 Å². The highest BCUT2D eigenvalue weighted by atomic mass is 79.9. The highest BCUT2D eigenvalue weighted by Gasteiger charge is 2.51. The first-order valence-corrected chi connectivity index (χ1v) is 10.4. The van der Waals surface area contributed by atoms with E-state index in [9.17, 15) is 14.7 Å². The number of ketones is 1. The number of Topliss-reactive ketones (excluding diaryl/α,β-unsaturated/α-hetero) is 1. The molecule has 0 aliphatic carbocycles. The summed E-state index contributed by atoms with van der Waals surface area (Å²) in [6.07, 6.45) is -0.377. The van der Waals surface area contributed by atoms with Gasteiger partial charge in [0.2, 0.25) is 0 Å². The second-order valence-electron chi connectivity index (χ2n) is 7.23. The van der Waals surface area contributed by atoms with Crippen molar-refractivity contribution in [3.8, 4) is 0 Å². The number of nitrogen functional groups attached to an aromatic ring is 1. The van der Waals surface area contributed by atoms with E-state index in [1.54, 1.807) is 48.5 Å². The summed E-state index contributed by atoms with van der Waals surface area (Å²) in [7, 11) is 0. The average Bonchev–Trinajstić information content (AvgIpc) is 2.91. The second kappa shape index (κ2) is 7.87. The van der Waals surface area contributed by atoms with Crippen LogP contribution >= 0.6 is 27.5 Å². The Balaban J connectivity index is 1.72.